The van der Waals surface area contributed by atoms with Gasteiger partial charge in [-0.15, -0.1) is 0 Å². The number of hydrogen-bond acceptors (Lipinski definition) is 5. The van der Waals surface area contributed by atoms with E-state index in [1.165, 1.54) is 20.0 Å². The van der Waals surface area contributed by atoms with Crippen LogP contribution in [0.15, 0.2) is 18.3 Å². The molecule has 1 N–H and O–H groups in total. The zero-order valence-corrected chi connectivity index (χ0v) is 11.6. The molecule has 1 aromatic rings. The highest BCUT2D eigenvalue weighted by molar-refractivity contribution is 5.79. The van der Waals surface area contributed by atoms with Crippen LogP contribution >= 0.6 is 0 Å². The third-order valence-electron chi connectivity index (χ3n) is 3.41. The fraction of sp³-hybridized carbons (Fsp3) is 0.571. The SMILES string of the molecule is CCC(Nc1ccc(N2CCCC2)nc1)C(=O)OC. The van der Waals surface area contributed by atoms with E-state index in [1.807, 2.05) is 19.1 Å². The van der Waals surface area contributed by atoms with Crippen LogP contribution in [0.5, 0.6) is 0 Å². The first kappa shape index (κ1) is 13.6. The highest BCUT2D eigenvalue weighted by Gasteiger charge is 2.17. The normalized spacial score (nSPS) is 16.2. The van der Waals surface area contributed by atoms with Crippen LogP contribution in [0.4, 0.5) is 11.5 Å². The maximum absolute atomic E-state index is 11.5. The van der Waals surface area contributed by atoms with E-state index in [0.717, 1.165) is 24.6 Å². The maximum atomic E-state index is 11.5. The summed E-state index contributed by atoms with van der Waals surface area (Å²) in [5, 5.41) is 3.14. The van der Waals surface area contributed by atoms with E-state index in [1.54, 1.807) is 6.20 Å². The largest absolute Gasteiger partial charge is 0.467 e. The molecule has 2 heterocycles. The number of carbonyl (C=O) groups excluding carboxylic acids is 1. The monoisotopic (exact) mass is 263 g/mol. The molecule has 0 aromatic carbocycles. The number of nitrogens with one attached hydrogen (secondary N) is 1. The van der Waals surface area contributed by atoms with E-state index in [-0.39, 0.29) is 12.0 Å². The van der Waals surface area contributed by atoms with Gasteiger partial charge in [0.25, 0.3) is 0 Å². The van der Waals surface area contributed by atoms with Crippen molar-refractivity contribution >= 4 is 17.5 Å². The van der Waals surface area contributed by atoms with Crippen LogP contribution in [0.25, 0.3) is 0 Å². The number of methoxy groups -OCH3 is 1. The van der Waals surface area contributed by atoms with Gasteiger partial charge < -0.3 is 15.0 Å². The Hall–Kier alpha value is -1.78. The number of ether oxygens (including phenoxy) is 1. The first-order valence-electron chi connectivity index (χ1n) is 6.80. The Morgan fingerprint density at radius 2 is 2.21 bits per heavy atom. The topological polar surface area (TPSA) is 54.5 Å². The van der Waals surface area contributed by atoms with Gasteiger partial charge >= 0.3 is 5.97 Å². The van der Waals surface area contributed by atoms with E-state index in [0.29, 0.717) is 6.42 Å². The molecule has 1 aliphatic rings. The summed E-state index contributed by atoms with van der Waals surface area (Å²) in [5.41, 5.74) is 0.847. The van der Waals surface area contributed by atoms with Gasteiger partial charge in [0.05, 0.1) is 19.0 Å². The zero-order valence-electron chi connectivity index (χ0n) is 11.6. The summed E-state index contributed by atoms with van der Waals surface area (Å²) in [6.07, 6.45) is 4.93. The molecule has 0 bridgehead atoms. The van der Waals surface area contributed by atoms with Gasteiger partial charge in [0.2, 0.25) is 0 Å². The van der Waals surface area contributed by atoms with Crippen LogP contribution in [0, 0.1) is 0 Å². The molecule has 1 fully saturated rings. The third-order valence-corrected chi connectivity index (χ3v) is 3.41. The lowest BCUT2D eigenvalue weighted by Crippen LogP contribution is -2.29. The van der Waals surface area contributed by atoms with Crippen molar-refractivity contribution in [3.63, 3.8) is 0 Å². The summed E-state index contributed by atoms with van der Waals surface area (Å²) in [6, 6.07) is 3.65. The average Bonchev–Trinajstić information content (AvgIpc) is 2.98. The fourth-order valence-electron chi connectivity index (χ4n) is 2.28. The fourth-order valence-corrected chi connectivity index (χ4v) is 2.28. The van der Waals surface area contributed by atoms with Crippen molar-refractivity contribution in [1.82, 2.24) is 4.98 Å². The van der Waals surface area contributed by atoms with E-state index >= 15 is 0 Å². The summed E-state index contributed by atoms with van der Waals surface area (Å²) < 4.78 is 4.75. The summed E-state index contributed by atoms with van der Waals surface area (Å²) in [4.78, 5) is 18.2. The predicted molar refractivity (Wildman–Crippen MR) is 75.4 cm³/mol. The molecule has 2 rings (SSSR count). The van der Waals surface area contributed by atoms with Crippen molar-refractivity contribution < 1.29 is 9.53 Å². The molecule has 0 spiro atoms. The van der Waals surface area contributed by atoms with Gasteiger partial charge in [-0.1, -0.05) is 6.92 Å². The molecule has 0 saturated carbocycles. The predicted octanol–water partition coefficient (Wildman–Crippen LogP) is 2.05. The molecule has 5 nitrogen and oxygen atoms in total. The van der Waals surface area contributed by atoms with Crippen LogP contribution < -0.4 is 10.2 Å². The Labute approximate surface area is 114 Å². The number of nitrogens with zero attached hydrogens (tertiary/aromatic N) is 2. The molecule has 0 amide bonds. The van der Waals surface area contributed by atoms with Gasteiger partial charge in [-0.3, -0.25) is 0 Å². The molecule has 1 unspecified atom stereocenters. The van der Waals surface area contributed by atoms with Gasteiger partial charge in [-0.25, -0.2) is 9.78 Å². The van der Waals surface area contributed by atoms with Gasteiger partial charge in [0, 0.05) is 13.1 Å². The Kier molecular flexibility index (Phi) is 4.60. The number of anilines is 2. The first-order valence-corrected chi connectivity index (χ1v) is 6.80. The Bertz CT molecular complexity index is 413. The lowest BCUT2D eigenvalue weighted by Gasteiger charge is -2.18. The van der Waals surface area contributed by atoms with Gasteiger partial charge in [0.1, 0.15) is 11.9 Å². The minimum atomic E-state index is -0.315. The van der Waals surface area contributed by atoms with Crippen molar-refractivity contribution in [2.75, 3.05) is 30.4 Å². The number of hydrogen-bond donors (Lipinski definition) is 1. The van der Waals surface area contributed by atoms with Crippen molar-refractivity contribution in [3.8, 4) is 0 Å². The molecule has 1 saturated heterocycles. The number of rotatable bonds is 5. The van der Waals surface area contributed by atoms with Gasteiger partial charge in [0.15, 0.2) is 0 Å². The van der Waals surface area contributed by atoms with Crippen molar-refractivity contribution in [2.24, 2.45) is 0 Å². The van der Waals surface area contributed by atoms with Crippen molar-refractivity contribution in [2.45, 2.75) is 32.2 Å². The van der Waals surface area contributed by atoms with Gasteiger partial charge in [-0.2, -0.15) is 0 Å². The highest BCUT2D eigenvalue weighted by atomic mass is 16.5. The van der Waals surface area contributed by atoms with Crippen LogP contribution in [-0.2, 0) is 9.53 Å². The Morgan fingerprint density at radius 3 is 2.74 bits per heavy atom. The second kappa shape index (κ2) is 6.41. The number of esters is 1. The molecule has 1 atom stereocenters. The molecular formula is C14H21N3O2. The lowest BCUT2D eigenvalue weighted by molar-refractivity contribution is -0.141. The average molecular weight is 263 g/mol. The first-order chi connectivity index (χ1) is 9.24. The van der Waals surface area contributed by atoms with Crippen LogP contribution in [-0.4, -0.2) is 37.2 Å². The van der Waals surface area contributed by atoms with Gasteiger partial charge in [-0.05, 0) is 31.4 Å². The molecule has 19 heavy (non-hydrogen) atoms. The Morgan fingerprint density at radius 1 is 1.47 bits per heavy atom. The van der Waals surface area contributed by atoms with Crippen molar-refractivity contribution in [3.05, 3.63) is 18.3 Å². The van der Waals surface area contributed by atoms with Crippen LogP contribution in [0.2, 0.25) is 0 Å². The van der Waals surface area contributed by atoms with E-state index < -0.39 is 0 Å². The quantitative estimate of drug-likeness (QED) is 0.824. The van der Waals surface area contributed by atoms with E-state index in [4.69, 9.17) is 4.74 Å². The summed E-state index contributed by atoms with van der Waals surface area (Å²) >= 11 is 0. The smallest absolute Gasteiger partial charge is 0.328 e. The summed E-state index contributed by atoms with van der Waals surface area (Å²) in [6.45, 7) is 4.11. The van der Waals surface area contributed by atoms with Crippen LogP contribution in [0.3, 0.4) is 0 Å². The second-order valence-corrected chi connectivity index (χ2v) is 4.73. The molecule has 0 aliphatic carbocycles. The van der Waals surface area contributed by atoms with E-state index in [9.17, 15) is 4.79 Å². The summed E-state index contributed by atoms with van der Waals surface area (Å²) in [5.74, 6) is 0.764. The molecule has 0 radical (unpaired) electrons. The number of aromatic nitrogens is 1. The number of pyridine rings is 1. The zero-order chi connectivity index (χ0) is 13.7. The molecule has 1 aromatic heterocycles. The molecule has 5 heteroatoms. The minimum Gasteiger partial charge on any atom is -0.467 e. The third kappa shape index (κ3) is 3.36. The van der Waals surface area contributed by atoms with E-state index in [2.05, 4.69) is 15.2 Å². The van der Waals surface area contributed by atoms with Crippen molar-refractivity contribution in [1.29, 1.82) is 0 Å². The summed E-state index contributed by atoms with van der Waals surface area (Å²) in [7, 11) is 1.40. The second-order valence-electron chi connectivity index (χ2n) is 4.73. The lowest BCUT2D eigenvalue weighted by atomic mass is 10.2. The minimum absolute atomic E-state index is 0.244. The van der Waals surface area contributed by atoms with Crippen LogP contribution in [0.1, 0.15) is 26.2 Å². The standard InChI is InChI=1S/C14H21N3O2/c1-3-12(14(18)19-2)16-11-6-7-13(15-10-11)17-8-4-5-9-17/h6-7,10,12,16H,3-5,8-9H2,1-2H3. The Balaban J connectivity index is 1.99. The maximum Gasteiger partial charge on any atom is 0.328 e. The number of carbonyl (C=O) groups is 1. The molecular weight excluding hydrogens is 242 g/mol. The highest BCUT2D eigenvalue weighted by Crippen LogP contribution is 2.19. The molecule has 1 aliphatic heterocycles. The molecule has 104 valence electrons.